The van der Waals surface area contributed by atoms with Gasteiger partial charge in [0, 0.05) is 12.1 Å². The third kappa shape index (κ3) is 3.51. The molecule has 150 valence electrons. The molecular weight excluding hydrogens is 390 g/mol. The molecule has 29 heavy (non-hydrogen) atoms. The van der Waals surface area contributed by atoms with E-state index >= 15 is 0 Å². The number of methoxy groups -OCH3 is 1. The normalized spacial score (nSPS) is 15.5. The van der Waals surface area contributed by atoms with E-state index in [4.69, 9.17) is 4.74 Å². The van der Waals surface area contributed by atoms with Crippen molar-refractivity contribution >= 4 is 15.7 Å². The molecule has 0 radical (unpaired) electrons. The van der Waals surface area contributed by atoms with Crippen molar-refractivity contribution in [2.75, 3.05) is 12.9 Å². The summed E-state index contributed by atoms with van der Waals surface area (Å²) in [6.07, 6.45) is 0. The molecule has 1 aliphatic heterocycles. The minimum atomic E-state index is -3.50. The lowest BCUT2D eigenvalue weighted by molar-refractivity contribution is 0.0931. The number of imidazole rings is 1. The number of carbonyl (C=O) groups excluding carboxylic acids is 1. The third-order valence-corrected chi connectivity index (χ3v) is 6.61. The lowest BCUT2D eigenvalue weighted by Gasteiger charge is -2.15. The van der Waals surface area contributed by atoms with Gasteiger partial charge >= 0.3 is 0 Å². The predicted molar refractivity (Wildman–Crippen MR) is 109 cm³/mol. The monoisotopic (exact) mass is 411 g/mol. The van der Waals surface area contributed by atoms with Crippen LogP contribution in [0, 0.1) is 0 Å². The average molecular weight is 411 g/mol. The van der Waals surface area contributed by atoms with Crippen LogP contribution in [0.2, 0.25) is 0 Å². The average Bonchev–Trinajstić information content (AvgIpc) is 3.26. The van der Waals surface area contributed by atoms with Gasteiger partial charge in [-0.25, -0.2) is 13.4 Å². The number of benzene rings is 2. The molecule has 2 heterocycles. The SMILES string of the molecule is COc1ccc(-c2nc3n(c2C(=O)N[C@H](C)c2ccccc2)CCS3(=O)=O)cc1. The number of hydrogen-bond acceptors (Lipinski definition) is 5. The molecule has 7 nitrogen and oxygen atoms in total. The molecule has 0 saturated carbocycles. The van der Waals surface area contributed by atoms with Crippen LogP contribution in [0.3, 0.4) is 0 Å². The van der Waals surface area contributed by atoms with Crippen molar-refractivity contribution in [3.05, 3.63) is 65.9 Å². The van der Waals surface area contributed by atoms with Gasteiger partial charge in [0.1, 0.15) is 17.1 Å². The van der Waals surface area contributed by atoms with Crippen molar-refractivity contribution in [1.29, 1.82) is 0 Å². The molecule has 1 N–H and O–H groups in total. The minimum absolute atomic E-state index is 0.0489. The summed E-state index contributed by atoms with van der Waals surface area (Å²) in [5, 5.41) is 2.91. The van der Waals surface area contributed by atoms with Crippen molar-refractivity contribution in [3.8, 4) is 17.0 Å². The quantitative estimate of drug-likeness (QED) is 0.697. The number of rotatable bonds is 5. The number of nitrogens with zero attached hydrogens (tertiary/aromatic N) is 2. The molecule has 0 unspecified atom stereocenters. The zero-order valence-corrected chi connectivity index (χ0v) is 16.9. The van der Waals surface area contributed by atoms with Gasteiger partial charge in [0.2, 0.25) is 15.0 Å². The van der Waals surface area contributed by atoms with Crippen molar-refractivity contribution < 1.29 is 17.9 Å². The Morgan fingerprint density at radius 1 is 1.14 bits per heavy atom. The van der Waals surface area contributed by atoms with Gasteiger partial charge < -0.3 is 14.6 Å². The fourth-order valence-corrected chi connectivity index (χ4v) is 4.80. The van der Waals surface area contributed by atoms with Gasteiger partial charge in [-0.15, -0.1) is 0 Å². The molecule has 2 aromatic carbocycles. The van der Waals surface area contributed by atoms with Crippen molar-refractivity contribution in [3.63, 3.8) is 0 Å². The highest BCUT2D eigenvalue weighted by atomic mass is 32.2. The Kier molecular flexibility index (Phi) is 4.87. The van der Waals surface area contributed by atoms with Crippen LogP contribution in [0.4, 0.5) is 0 Å². The molecule has 1 aliphatic rings. The first-order valence-electron chi connectivity index (χ1n) is 9.24. The standard InChI is InChI=1S/C21H21N3O4S/c1-14(15-6-4-3-5-7-15)22-20(25)19-18(16-8-10-17(28-2)11-9-16)23-21-24(19)12-13-29(21,26)27/h3-11,14H,12-13H2,1-2H3,(H,22,25)/t14-/m1/s1. The van der Waals surface area contributed by atoms with Crippen molar-refractivity contribution in [2.45, 2.75) is 24.7 Å². The van der Waals surface area contributed by atoms with Crippen LogP contribution in [0.15, 0.2) is 59.8 Å². The molecule has 4 rings (SSSR count). The molecule has 0 saturated heterocycles. The van der Waals surface area contributed by atoms with Crippen molar-refractivity contribution in [2.24, 2.45) is 0 Å². The van der Waals surface area contributed by atoms with Crippen LogP contribution in [0.5, 0.6) is 5.75 Å². The molecule has 0 aliphatic carbocycles. The Hall–Kier alpha value is -3.13. The fraction of sp³-hybridized carbons (Fsp3) is 0.238. The molecule has 0 spiro atoms. The summed E-state index contributed by atoms with van der Waals surface area (Å²) in [7, 11) is -1.93. The van der Waals surface area contributed by atoms with Crippen LogP contribution in [-0.2, 0) is 16.4 Å². The Morgan fingerprint density at radius 2 is 1.83 bits per heavy atom. The summed E-state index contributed by atoms with van der Waals surface area (Å²) in [6, 6.07) is 16.4. The number of fused-ring (bicyclic) bond motifs is 1. The summed E-state index contributed by atoms with van der Waals surface area (Å²) >= 11 is 0. The lowest BCUT2D eigenvalue weighted by Crippen LogP contribution is -2.29. The van der Waals surface area contributed by atoms with E-state index in [2.05, 4.69) is 10.3 Å². The second-order valence-corrected chi connectivity index (χ2v) is 8.90. The second kappa shape index (κ2) is 7.36. The number of nitrogens with one attached hydrogen (secondary N) is 1. The van der Waals surface area contributed by atoms with E-state index in [0.717, 1.165) is 5.56 Å². The van der Waals surface area contributed by atoms with Crippen LogP contribution in [0.1, 0.15) is 29.0 Å². The molecule has 1 atom stereocenters. The molecule has 0 fully saturated rings. The number of sulfone groups is 1. The summed E-state index contributed by atoms with van der Waals surface area (Å²) < 4.78 is 31.4. The highest BCUT2D eigenvalue weighted by Crippen LogP contribution is 2.31. The van der Waals surface area contributed by atoms with E-state index in [1.165, 1.54) is 4.57 Å². The van der Waals surface area contributed by atoms with E-state index in [0.29, 0.717) is 17.0 Å². The predicted octanol–water partition coefficient (Wildman–Crippen LogP) is 2.84. The van der Waals surface area contributed by atoms with Crippen LogP contribution in [0.25, 0.3) is 11.3 Å². The maximum Gasteiger partial charge on any atom is 0.270 e. The number of aromatic nitrogens is 2. The summed E-state index contributed by atoms with van der Waals surface area (Å²) in [6.45, 7) is 2.10. The number of carbonyl (C=O) groups is 1. The Balaban J connectivity index is 1.76. The van der Waals surface area contributed by atoms with E-state index in [1.54, 1.807) is 31.4 Å². The topological polar surface area (TPSA) is 90.3 Å². The van der Waals surface area contributed by atoms with Crippen LogP contribution < -0.4 is 10.1 Å². The first-order chi connectivity index (χ1) is 13.9. The first kappa shape index (κ1) is 19.2. The highest BCUT2D eigenvalue weighted by molar-refractivity contribution is 7.91. The largest absolute Gasteiger partial charge is 0.497 e. The molecule has 0 bridgehead atoms. The van der Waals surface area contributed by atoms with Gasteiger partial charge in [0.25, 0.3) is 5.91 Å². The van der Waals surface area contributed by atoms with Gasteiger partial charge in [0.15, 0.2) is 0 Å². The highest BCUT2D eigenvalue weighted by Gasteiger charge is 2.35. The Bertz CT molecular complexity index is 1150. The first-order valence-corrected chi connectivity index (χ1v) is 10.9. The maximum atomic E-state index is 13.2. The number of hydrogen-bond donors (Lipinski definition) is 1. The zero-order valence-electron chi connectivity index (χ0n) is 16.1. The van der Waals surface area contributed by atoms with Gasteiger partial charge in [-0.1, -0.05) is 30.3 Å². The van der Waals surface area contributed by atoms with Crippen molar-refractivity contribution in [1.82, 2.24) is 14.9 Å². The van der Waals surface area contributed by atoms with E-state index in [1.807, 2.05) is 37.3 Å². The van der Waals surface area contributed by atoms with E-state index in [-0.39, 0.29) is 35.1 Å². The van der Waals surface area contributed by atoms with E-state index in [9.17, 15) is 13.2 Å². The van der Waals surface area contributed by atoms with Crippen LogP contribution >= 0.6 is 0 Å². The Morgan fingerprint density at radius 3 is 2.48 bits per heavy atom. The lowest BCUT2D eigenvalue weighted by atomic mass is 10.1. The molecular formula is C21H21N3O4S. The molecule has 8 heteroatoms. The molecule has 1 amide bonds. The van der Waals surface area contributed by atoms with Crippen LogP contribution in [-0.4, -0.2) is 36.7 Å². The zero-order chi connectivity index (χ0) is 20.6. The number of amides is 1. The van der Waals surface area contributed by atoms with Gasteiger partial charge in [0.05, 0.1) is 18.9 Å². The fourth-order valence-electron chi connectivity index (χ4n) is 3.45. The maximum absolute atomic E-state index is 13.2. The molecule has 1 aromatic heterocycles. The van der Waals surface area contributed by atoms with Gasteiger partial charge in [-0.2, -0.15) is 0 Å². The summed E-state index contributed by atoms with van der Waals surface area (Å²) in [4.78, 5) is 17.5. The number of ether oxygens (including phenoxy) is 1. The van der Waals surface area contributed by atoms with E-state index < -0.39 is 9.84 Å². The molecule has 3 aromatic rings. The van der Waals surface area contributed by atoms with Gasteiger partial charge in [-0.3, -0.25) is 4.79 Å². The summed E-state index contributed by atoms with van der Waals surface area (Å²) in [5.74, 6) is 0.257. The smallest absolute Gasteiger partial charge is 0.270 e. The summed E-state index contributed by atoms with van der Waals surface area (Å²) in [5.41, 5.74) is 2.22. The van der Waals surface area contributed by atoms with Gasteiger partial charge in [-0.05, 0) is 36.8 Å². The minimum Gasteiger partial charge on any atom is -0.497 e. The Labute approximate surface area is 169 Å². The third-order valence-electron chi connectivity index (χ3n) is 5.02. The second-order valence-electron chi connectivity index (χ2n) is 6.90.